The molecule has 2 heterocycles. The van der Waals surface area contributed by atoms with Crippen molar-refractivity contribution in [3.8, 4) is 0 Å². The van der Waals surface area contributed by atoms with Crippen LogP contribution in [0.2, 0.25) is 54.4 Å². The third-order valence-electron chi connectivity index (χ3n) is 10.5. The third kappa shape index (κ3) is 9.22. The van der Waals surface area contributed by atoms with E-state index in [1.165, 1.54) is 0 Å². The van der Waals surface area contributed by atoms with Crippen LogP contribution in [0.5, 0.6) is 0 Å². The molecule has 41 heavy (non-hydrogen) atoms. The summed E-state index contributed by atoms with van der Waals surface area (Å²) in [6.07, 6.45) is 2.94. The number of hydrogen-bond acceptors (Lipinski definition) is 6. The topological polar surface area (TPSA) is 66.4 Å². The maximum Gasteiger partial charge on any atom is 0.193 e. The van der Waals surface area contributed by atoms with Gasteiger partial charge in [-0.15, -0.1) is 0 Å². The maximum absolute atomic E-state index is 9.74. The second-order valence-corrected chi connectivity index (χ2v) is 31.8. The molecule has 0 aromatic rings. The zero-order valence-electron chi connectivity index (χ0n) is 28.9. The van der Waals surface area contributed by atoms with Crippen molar-refractivity contribution >= 4 is 47.5 Å². The second-order valence-electron chi connectivity index (χ2n) is 16.8. The van der Waals surface area contributed by atoms with E-state index in [0.29, 0.717) is 6.42 Å². The molecule has 2 rings (SSSR count). The first-order valence-electron chi connectivity index (χ1n) is 15.6. The minimum atomic E-state index is -2.26. The number of ether oxygens (including phenoxy) is 2. The molecule has 2 aliphatic heterocycles. The number of fused-ring (bicyclic) bond motifs is 1. The lowest BCUT2D eigenvalue weighted by Gasteiger charge is -2.56. The average Bonchev–Trinajstić information content (AvgIpc) is 2.78. The molecule has 0 radical (unpaired) electrons. The van der Waals surface area contributed by atoms with Crippen LogP contribution in [0.3, 0.4) is 0 Å². The lowest BCUT2D eigenvalue weighted by atomic mass is 9.87. The molecule has 0 saturated carbocycles. The predicted octanol–water partition coefficient (Wildman–Crippen LogP) is 8.80. The van der Waals surface area contributed by atoms with Crippen molar-refractivity contribution in [2.75, 3.05) is 6.61 Å². The van der Waals surface area contributed by atoms with Crippen LogP contribution in [-0.4, -0.2) is 79.4 Å². The Kier molecular flexibility index (Phi) is 12.7. The zero-order valence-corrected chi connectivity index (χ0v) is 34.0. The number of aliphatic hydroxyl groups excluding tert-OH is 1. The smallest absolute Gasteiger partial charge is 0.193 e. The highest BCUT2D eigenvalue weighted by atomic mass is 127. The Hall–Kier alpha value is 0.881. The summed E-state index contributed by atoms with van der Waals surface area (Å²) in [5.74, 6) is 0. The standard InChI is InChI=1S/C31H63IO6Si3/c1-29(2,3)39(10,11)36-24(18-20-32)26-28(38-41(14,15)31(7,8)9)27(37-40(12,13)30(4,5)6)25-23(35-26)17-16-22(34-25)19-21-33/h18,20,22-28,33H,16-17,19,21H2,1-15H3/b20-18+/t22?,23-,24?,25-,26-,27?,28?/m0/s1. The predicted molar refractivity (Wildman–Crippen MR) is 188 cm³/mol. The summed E-state index contributed by atoms with van der Waals surface area (Å²) in [6.45, 7) is 34.6. The van der Waals surface area contributed by atoms with E-state index < -0.39 is 25.0 Å². The molecular formula is C31H63IO6Si3. The molecule has 2 saturated heterocycles. The summed E-state index contributed by atoms with van der Waals surface area (Å²) in [5.41, 5.74) is 0. The Bertz CT molecular complexity index is 875. The molecule has 6 nitrogen and oxygen atoms in total. The molecule has 242 valence electrons. The Balaban J connectivity index is 2.72. The van der Waals surface area contributed by atoms with Gasteiger partial charge in [-0.25, -0.2) is 0 Å². The Morgan fingerprint density at radius 3 is 1.71 bits per heavy atom. The molecule has 4 unspecified atom stereocenters. The molecule has 0 aromatic carbocycles. The number of halogens is 1. The summed E-state index contributed by atoms with van der Waals surface area (Å²) < 4.78 is 37.8. The van der Waals surface area contributed by atoms with Gasteiger partial charge in [0.1, 0.15) is 24.4 Å². The normalized spacial score (nSPS) is 30.0. The van der Waals surface area contributed by atoms with E-state index in [2.05, 4.69) is 134 Å². The minimum Gasteiger partial charge on any atom is -0.408 e. The fraction of sp³-hybridized carbons (Fsp3) is 0.935. The highest BCUT2D eigenvalue weighted by Gasteiger charge is 2.57. The number of rotatable bonds is 10. The number of hydrogen-bond donors (Lipinski definition) is 1. The average molecular weight is 743 g/mol. The van der Waals surface area contributed by atoms with E-state index in [-0.39, 0.29) is 64.4 Å². The molecule has 7 atom stereocenters. The van der Waals surface area contributed by atoms with Crippen LogP contribution in [0, 0.1) is 0 Å². The van der Waals surface area contributed by atoms with E-state index in [9.17, 15) is 5.11 Å². The molecular weight excluding hydrogens is 679 g/mol. The van der Waals surface area contributed by atoms with Gasteiger partial charge < -0.3 is 27.9 Å². The van der Waals surface area contributed by atoms with E-state index in [4.69, 9.17) is 22.8 Å². The lowest BCUT2D eigenvalue weighted by molar-refractivity contribution is -0.267. The van der Waals surface area contributed by atoms with Crippen LogP contribution < -0.4 is 0 Å². The van der Waals surface area contributed by atoms with Gasteiger partial charge >= 0.3 is 0 Å². The van der Waals surface area contributed by atoms with Gasteiger partial charge in [-0.3, -0.25) is 0 Å². The van der Waals surface area contributed by atoms with Gasteiger partial charge in [-0.1, -0.05) is 84.9 Å². The van der Waals surface area contributed by atoms with Gasteiger partial charge in [0.2, 0.25) is 0 Å². The van der Waals surface area contributed by atoms with Crippen LogP contribution in [0.25, 0.3) is 0 Å². The quantitative estimate of drug-likeness (QED) is 0.178. The van der Waals surface area contributed by atoms with Crippen LogP contribution in [0.4, 0.5) is 0 Å². The van der Waals surface area contributed by atoms with Crippen LogP contribution in [-0.2, 0) is 22.8 Å². The molecule has 10 heteroatoms. The van der Waals surface area contributed by atoms with E-state index in [1.807, 2.05) is 0 Å². The first kappa shape index (κ1) is 38.1. The zero-order chi connectivity index (χ0) is 31.8. The van der Waals surface area contributed by atoms with Crippen LogP contribution in [0.15, 0.2) is 10.2 Å². The van der Waals surface area contributed by atoms with Crippen molar-refractivity contribution in [1.82, 2.24) is 0 Å². The van der Waals surface area contributed by atoms with Gasteiger partial charge in [-0.2, -0.15) is 0 Å². The van der Waals surface area contributed by atoms with Crippen molar-refractivity contribution in [1.29, 1.82) is 0 Å². The van der Waals surface area contributed by atoms with Gasteiger partial charge in [0.25, 0.3) is 0 Å². The Morgan fingerprint density at radius 2 is 1.27 bits per heavy atom. The maximum atomic E-state index is 9.74. The van der Waals surface area contributed by atoms with Gasteiger partial charge in [0.05, 0.1) is 18.3 Å². The molecule has 0 amide bonds. The van der Waals surface area contributed by atoms with Crippen molar-refractivity contribution < 1.29 is 27.9 Å². The van der Waals surface area contributed by atoms with E-state index in [0.717, 1.165) is 12.8 Å². The van der Waals surface area contributed by atoms with Gasteiger partial charge in [0.15, 0.2) is 25.0 Å². The lowest BCUT2D eigenvalue weighted by Crippen LogP contribution is -2.69. The molecule has 0 bridgehead atoms. The third-order valence-corrected chi connectivity index (χ3v) is 24.4. The Morgan fingerprint density at radius 1 is 0.780 bits per heavy atom. The molecule has 0 aliphatic carbocycles. The van der Waals surface area contributed by atoms with Gasteiger partial charge in [0, 0.05) is 6.61 Å². The number of aliphatic hydroxyl groups is 1. The summed E-state index contributed by atoms with van der Waals surface area (Å²) in [4.78, 5) is 0. The molecule has 2 aliphatic rings. The fourth-order valence-electron chi connectivity index (χ4n) is 4.71. The summed E-state index contributed by atoms with van der Waals surface area (Å²) in [5, 5.41) is 9.83. The Labute approximate surface area is 269 Å². The van der Waals surface area contributed by atoms with Crippen LogP contribution >= 0.6 is 22.6 Å². The summed E-state index contributed by atoms with van der Waals surface area (Å²) in [7, 11) is -6.64. The highest BCUT2D eigenvalue weighted by Crippen LogP contribution is 2.47. The first-order valence-corrected chi connectivity index (χ1v) is 25.6. The molecule has 1 N–H and O–H groups in total. The van der Waals surface area contributed by atoms with E-state index >= 15 is 0 Å². The molecule has 0 spiro atoms. The van der Waals surface area contributed by atoms with Crippen LogP contribution in [0.1, 0.15) is 81.6 Å². The molecule has 2 fully saturated rings. The largest absolute Gasteiger partial charge is 0.408 e. The van der Waals surface area contributed by atoms with Gasteiger partial charge in [-0.05, 0) is 83.8 Å². The monoisotopic (exact) mass is 742 g/mol. The van der Waals surface area contributed by atoms with E-state index in [1.54, 1.807) is 0 Å². The molecule has 0 aromatic heterocycles. The van der Waals surface area contributed by atoms with Crippen molar-refractivity contribution in [2.24, 2.45) is 0 Å². The highest BCUT2D eigenvalue weighted by molar-refractivity contribution is 14.1. The summed E-state index contributed by atoms with van der Waals surface area (Å²) >= 11 is 2.30. The fourth-order valence-corrected chi connectivity index (χ4v) is 8.97. The second kappa shape index (κ2) is 13.7. The SMILES string of the molecule is CC(C)(C)[Si](C)(C)OC(/C=C/I)[C@@H]1O[C@H]2CCC(CCO)O[C@@H]2C(O[Si](C)(C)C(C)(C)C)C1O[Si](C)(C)C(C)(C)C. The van der Waals surface area contributed by atoms with Crippen molar-refractivity contribution in [2.45, 2.75) is 179 Å². The minimum absolute atomic E-state index is 0.00560. The summed E-state index contributed by atoms with van der Waals surface area (Å²) in [6, 6.07) is 0. The van der Waals surface area contributed by atoms with Crippen molar-refractivity contribution in [3.63, 3.8) is 0 Å². The van der Waals surface area contributed by atoms with Crippen molar-refractivity contribution in [3.05, 3.63) is 10.2 Å². The first-order chi connectivity index (χ1) is 18.4.